The molecule has 1 saturated heterocycles. The zero-order chi connectivity index (χ0) is 22.9. The second-order valence-corrected chi connectivity index (χ2v) is 8.44. The Bertz CT molecular complexity index is 930. The van der Waals surface area contributed by atoms with Gasteiger partial charge in [-0.15, -0.1) is 0 Å². The molecule has 1 atom stereocenters. The molecule has 3 rings (SSSR count). The molecule has 32 heavy (non-hydrogen) atoms. The Morgan fingerprint density at radius 2 is 1.62 bits per heavy atom. The molecule has 0 unspecified atom stereocenters. The molecule has 0 aliphatic carbocycles. The van der Waals surface area contributed by atoms with E-state index >= 15 is 0 Å². The van der Waals surface area contributed by atoms with Crippen LogP contribution in [0.2, 0.25) is 0 Å². The molecule has 1 heterocycles. The molecule has 0 aromatic heterocycles. The van der Waals surface area contributed by atoms with E-state index < -0.39 is 6.04 Å². The predicted octanol–water partition coefficient (Wildman–Crippen LogP) is 2.95. The van der Waals surface area contributed by atoms with E-state index in [9.17, 15) is 14.4 Å². The number of urea groups is 1. The van der Waals surface area contributed by atoms with Crippen molar-refractivity contribution < 1.29 is 14.4 Å². The number of hydrogen-bond donors (Lipinski definition) is 3. The maximum Gasteiger partial charge on any atom is 0.315 e. The Hall–Kier alpha value is -3.35. The summed E-state index contributed by atoms with van der Waals surface area (Å²) in [6, 6.07) is 16.4. The molecular formula is C25H32N4O3. The molecule has 3 N–H and O–H groups in total. The van der Waals surface area contributed by atoms with Gasteiger partial charge in [-0.05, 0) is 29.0 Å². The molecule has 1 aliphatic heterocycles. The fourth-order valence-electron chi connectivity index (χ4n) is 3.76. The molecule has 0 spiro atoms. The summed E-state index contributed by atoms with van der Waals surface area (Å²) in [7, 11) is 0. The Kier molecular flexibility index (Phi) is 8.25. The molecule has 170 valence electrons. The highest BCUT2D eigenvalue weighted by Gasteiger charge is 2.25. The van der Waals surface area contributed by atoms with Crippen LogP contribution in [0.15, 0.2) is 54.6 Å². The van der Waals surface area contributed by atoms with Crippen molar-refractivity contribution in [2.24, 2.45) is 5.92 Å². The Balaban J connectivity index is 1.55. The van der Waals surface area contributed by atoms with Gasteiger partial charge in [-0.1, -0.05) is 68.4 Å². The number of likely N-dealkylation sites (tertiary alicyclic amines) is 1. The largest absolute Gasteiger partial charge is 0.350 e. The number of nitrogens with one attached hydrogen (secondary N) is 3. The lowest BCUT2D eigenvalue weighted by Gasteiger charge is -2.23. The fraction of sp³-hybridized carbons (Fsp3) is 0.400. The number of carbonyl (C=O) groups excluding carboxylic acids is 3. The first-order chi connectivity index (χ1) is 15.4. The van der Waals surface area contributed by atoms with Crippen molar-refractivity contribution in [3.63, 3.8) is 0 Å². The van der Waals surface area contributed by atoms with Gasteiger partial charge in [-0.2, -0.15) is 0 Å². The van der Waals surface area contributed by atoms with Crippen LogP contribution in [0.3, 0.4) is 0 Å². The van der Waals surface area contributed by atoms with Crippen LogP contribution in [0.1, 0.15) is 43.4 Å². The van der Waals surface area contributed by atoms with Crippen LogP contribution in [0.25, 0.3) is 0 Å². The highest BCUT2D eigenvalue weighted by atomic mass is 16.2. The molecule has 7 heteroatoms. The summed E-state index contributed by atoms with van der Waals surface area (Å²) in [5.41, 5.74) is 2.98. The average Bonchev–Trinajstić information content (AvgIpc) is 3.20. The summed E-state index contributed by atoms with van der Waals surface area (Å²) in [5, 5.41) is 8.54. The normalized spacial score (nSPS) is 14.3. The summed E-state index contributed by atoms with van der Waals surface area (Å²) in [4.78, 5) is 39.0. The molecule has 2 aromatic rings. The van der Waals surface area contributed by atoms with Gasteiger partial charge in [0, 0.05) is 32.6 Å². The first kappa shape index (κ1) is 23.3. The van der Waals surface area contributed by atoms with Gasteiger partial charge in [0.05, 0.1) is 0 Å². The molecule has 0 radical (unpaired) electrons. The quantitative estimate of drug-likeness (QED) is 0.565. The molecule has 0 bridgehead atoms. The zero-order valence-electron chi connectivity index (χ0n) is 18.8. The fourth-order valence-corrected chi connectivity index (χ4v) is 3.76. The van der Waals surface area contributed by atoms with Gasteiger partial charge in [-0.3, -0.25) is 9.59 Å². The monoisotopic (exact) mass is 436 g/mol. The van der Waals surface area contributed by atoms with E-state index in [1.165, 1.54) is 0 Å². The van der Waals surface area contributed by atoms with Gasteiger partial charge in [0.15, 0.2) is 0 Å². The number of hydrogen-bond acceptors (Lipinski definition) is 3. The van der Waals surface area contributed by atoms with Crippen molar-refractivity contribution in [3.05, 3.63) is 71.3 Å². The van der Waals surface area contributed by atoms with Crippen LogP contribution in [0, 0.1) is 5.92 Å². The third kappa shape index (κ3) is 6.57. The molecule has 0 saturated carbocycles. The van der Waals surface area contributed by atoms with E-state index in [1.807, 2.05) is 73.3 Å². The maximum absolute atomic E-state index is 12.9. The zero-order valence-corrected chi connectivity index (χ0v) is 18.8. The second kappa shape index (κ2) is 11.3. The number of rotatable bonds is 9. The minimum atomic E-state index is -0.655. The second-order valence-electron chi connectivity index (χ2n) is 8.44. The van der Waals surface area contributed by atoms with Gasteiger partial charge in [0.2, 0.25) is 11.8 Å². The van der Waals surface area contributed by atoms with Crippen molar-refractivity contribution in [3.8, 4) is 0 Å². The summed E-state index contributed by atoms with van der Waals surface area (Å²) >= 11 is 0. The van der Waals surface area contributed by atoms with Crippen LogP contribution >= 0.6 is 0 Å². The van der Waals surface area contributed by atoms with Crippen molar-refractivity contribution >= 4 is 17.8 Å². The third-order valence-electron chi connectivity index (χ3n) is 5.64. The topological polar surface area (TPSA) is 90.5 Å². The van der Waals surface area contributed by atoms with Crippen LogP contribution in [-0.2, 0) is 29.2 Å². The van der Waals surface area contributed by atoms with Crippen molar-refractivity contribution in [1.82, 2.24) is 20.9 Å². The summed E-state index contributed by atoms with van der Waals surface area (Å²) in [5.74, 6) is -0.133. The Morgan fingerprint density at radius 3 is 2.28 bits per heavy atom. The van der Waals surface area contributed by atoms with E-state index in [0.29, 0.717) is 26.1 Å². The van der Waals surface area contributed by atoms with E-state index in [2.05, 4.69) is 16.0 Å². The van der Waals surface area contributed by atoms with Crippen molar-refractivity contribution in [1.29, 1.82) is 0 Å². The van der Waals surface area contributed by atoms with Gasteiger partial charge < -0.3 is 20.9 Å². The molecule has 4 amide bonds. The molecule has 1 fully saturated rings. The highest BCUT2D eigenvalue weighted by Crippen LogP contribution is 2.17. The number of amides is 4. The maximum atomic E-state index is 12.9. The Morgan fingerprint density at radius 1 is 0.938 bits per heavy atom. The van der Waals surface area contributed by atoms with E-state index in [4.69, 9.17) is 0 Å². The molecule has 2 aromatic carbocycles. The van der Waals surface area contributed by atoms with Gasteiger partial charge >= 0.3 is 6.03 Å². The molecule has 1 aliphatic rings. The standard InChI is InChI=1S/C25H32N4O3/c1-18(2)23(28-25(32)27-15-19-9-4-3-5-10-19)24(31)26-16-20-11-6-7-12-21(20)17-29-14-8-13-22(29)30/h3-7,9-12,18,23H,8,13-17H2,1-2H3,(H,26,31)(H2,27,28,32)/t23-/m1/s1. The predicted molar refractivity (Wildman–Crippen MR) is 123 cm³/mol. The summed E-state index contributed by atoms with van der Waals surface area (Å²) in [6.45, 7) is 5.86. The van der Waals surface area contributed by atoms with E-state index in [-0.39, 0.29) is 23.8 Å². The van der Waals surface area contributed by atoms with Crippen LogP contribution in [0.5, 0.6) is 0 Å². The van der Waals surface area contributed by atoms with Crippen LogP contribution in [-0.4, -0.2) is 35.3 Å². The lowest BCUT2D eigenvalue weighted by atomic mass is 10.0. The van der Waals surface area contributed by atoms with Gasteiger partial charge in [-0.25, -0.2) is 4.79 Å². The van der Waals surface area contributed by atoms with Crippen LogP contribution in [0.4, 0.5) is 4.79 Å². The van der Waals surface area contributed by atoms with E-state index in [1.54, 1.807) is 0 Å². The minimum absolute atomic E-state index is 0.0741. The lowest BCUT2D eigenvalue weighted by molar-refractivity contribution is -0.128. The van der Waals surface area contributed by atoms with Crippen molar-refractivity contribution in [2.45, 2.75) is 52.4 Å². The minimum Gasteiger partial charge on any atom is -0.350 e. The number of nitrogens with zero attached hydrogens (tertiary/aromatic N) is 1. The average molecular weight is 437 g/mol. The summed E-state index contributed by atoms with van der Waals surface area (Å²) in [6.07, 6.45) is 1.50. The summed E-state index contributed by atoms with van der Waals surface area (Å²) < 4.78 is 0. The molecule has 7 nitrogen and oxygen atoms in total. The van der Waals surface area contributed by atoms with Gasteiger partial charge in [0.25, 0.3) is 0 Å². The Labute approximate surface area is 189 Å². The first-order valence-corrected chi connectivity index (χ1v) is 11.1. The number of benzene rings is 2. The lowest BCUT2D eigenvalue weighted by Crippen LogP contribution is -2.52. The SMILES string of the molecule is CC(C)[C@@H](NC(=O)NCc1ccccc1)C(=O)NCc1ccccc1CN1CCCC1=O. The smallest absolute Gasteiger partial charge is 0.315 e. The highest BCUT2D eigenvalue weighted by molar-refractivity contribution is 5.87. The third-order valence-corrected chi connectivity index (χ3v) is 5.64. The van der Waals surface area contributed by atoms with Crippen LogP contribution < -0.4 is 16.0 Å². The number of carbonyl (C=O) groups is 3. The van der Waals surface area contributed by atoms with E-state index in [0.717, 1.165) is 29.7 Å². The molecular weight excluding hydrogens is 404 g/mol. The van der Waals surface area contributed by atoms with Crippen molar-refractivity contribution in [2.75, 3.05) is 6.54 Å². The van der Waals surface area contributed by atoms with Gasteiger partial charge in [0.1, 0.15) is 6.04 Å². The first-order valence-electron chi connectivity index (χ1n) is 11.1.